The van der Waals surface area contributed by atoms with Crippen LogP contribution in [0.25, 0.3) is 0 Å². The third-order valence-corrected chi connectivity index (χ3v) is 2.63. The molecular formula is C11H19N5S. The highest BCUT2D eigenvalue weighted by atomic mass is 32.1. The SMILES string of the molecule is CNC(=S)NCCNCc1nc(C)cnc1C. The predicted octanol–water partition coefficient (Wildman–Crippen LogP) is 0.277. The van der Waals surface area contributed by atoms with Crippen molar-refractivity contribution in [3.8, 4) is 0 Å². The van der Waals surface area contributed by atoms with Gasteiger partial charge in [0.2, 0.25) is 0 Å². The van der Waals surface area contributed by atoms with Crippen LogP contribution in [0.1, 0.15) is 17.1 Å². The van der Waals surface area contributed by atoms with Crippen LogP contribution in [0.5, 0.6) is 0 Å². The first-order valence-electron chi connectivity index (χ1n) is 5.59. The van der Waals surface area contributed by atoms with Crippen molar-refractivity contribution in [1.82, 2.24) is 25.9 Å². The fourth-order valence-electron chi connectivity index (χ4n) is 1.31. The summed E-state index contributed by atoms with van der Waals surface area (Å²) in [4.78, 5) is 8.71. The molecule has 0 saturated carbocycles. The van der Waals surface area contributed by atoms with Crippen molar-refractivity contribution in [1.29, 1.82) is 0 Å². The van der Waals surface area contributed by atoms with Crippen LogP contribution in [0.2, 0.25) is 0 Å². The molecule has 0 atom stereocenters. The molecule has 1 aromatic heterocycles. The van der Waals surface area contributed by atoms with Crippen LogP contribution in [0, 0.1) is 13.8 Å². The highest BCUT2D eigenvalue weighted by molar-refractivity contribution is 7.80. The second kappa shape index (κ2) is 7.13. The van der Waals surface area contributed by atoms with Gasteiger partial charge in [0.15, 0.2) is 5.11 Å². The van der Waals surface area contributed by atoms with E-state index >= 15 is 0 Å². The summed E-state index contributed by atoms with van der Waals surface area (Å²) in [6.45, 7) is 6.27. The van der Waals surface area contributed by atoms with Crippen molar-refractivity contribution < 1.29 is 0 Å². The molecule has 1 heterocycles. The molecule has 0 unspecified atom stereocenters. The maximum atomic E-state index is 4.96. The van der Waals surface area contributed by atoms with Gasteiger partial charge in [-0.1, -0.05) is 0 Å². The van der Waals surface area contributed by atoms with Gasteiger partial charge in [-0.3, -0.25) is 9.97 Å². The molecule has 1 rings (SSSR count). The molecule has 17 heavy (non-hydrogen) atoms. The van der Waals surface area contributed by atoms with Crippen LogP contribution in [0.4, 0.5) is 0 Å². The number of nitrogens with one attached hydrogen (secondary N) is 3. The van der Waals surface area contributed by atoms with E-state index in [9.17, 15) is 0 Å². The third kappa shape index (κ3) is 5.06. The monoisotopic (exact) mass is 253 g/mol. The summed E-state index contributed by atoms with van der Waals surface area (Å²) >= 11 is 4.96. The molecule has 0 aliphatic rings. The van der Waals surface area contributed by atoms with E-state index in [0.717, 1.165) is 36.7 Å². The molecular weight excluding hydrogens is 234 g/mol. The highest BCUT2D eigenvalue weighted by Gasteiger charge is 2.01. The fraction of sp³-hybridized carbons (Fsp3) is 0.545. The van der Waals surface area contributed by atoms with E-state index in [2.05, 4.69) is 25.9 Å². The van der Waals surface area contributed by atoms with Crippen LogP contribution in [0.15, 0.2) is 6.20 Å². The van der Waals surface area contributed by atoms with E-state index in [1.54, 1.807) is 13.2 Å². The summed E-state index contributed by atoms with van der Waals surface area (Å²) in [6, 6.07) is 0. The molecule has 0 bridgehead atoms. The summed E-state index contributed by atoms with van der Waals surface area (Å²) in [6.07, 6.45) is 1.78. The van der Waals surface area contributed by atoms with Crippen molar-refractivity contribution >= 4 is 17.3 Å². The van der Waals surface area contributed by atoms with Gasteiger partial charge in [0, 0.05) is 32.9 Å². The minimum absolute atomic E-state index is 0.665. The zero-order valence-electron chi connectivity index (χ0n) is 10.5. The number of aromatic nitrogens is 2. The van der Waals surface area contributed by atoms with E-state index in [0.29, 0.717) is 5.11 Å². The van der Waals surface area contributed by atoms with Crippen molar-refractivity contribution in [2.45, 2.75) is 20.4 Å². The van der Waals surface area contributed by atoms with Gasteiger partial charge < -0.3 is 16.0 Å². The molecule has 0 amide bonds. The number of thiocarbonyl (C=S) groups is 1. The number of rotatable bonds is 5. The summed E-state index contributed by atoms with van der Waals surface area (Å²) in [5.41, 5.74) is 2.92. The average Bonchev–Trinajstić information content (AvgIpc) is 2.32. The molecule has 1 aromatic rings. The Morgan fingerprint density at radius 1 is 1.35 bits per heavy atom. The van der Waals surface area contributed by atoms with Gasteiger partial charge >= 0.3 is 0 Å². The topological polar surface area (TPSA) is 61.9 Å². The number of nitrogens with zero attached hydrogens (tertiary/aromatic N) is 2. The Morgan fingerprint density at radius 3 is 2.82 bits per heavy atom. The minimum Gasteiger partial charge on any atom is -0.366 e. The van der Waals surface area contributed by atoms with Gasteiger partial charge in [0.25, 0.3) is 0 Å². The Hall–Kier alpha value is -1.27. The van der Waals surface area contributed by atoms with Crippen LogP contribution in [-0.2, 0) is 6.54 Å². The first kappa shape index (κ1) is 13.8. The Bertz CT molecular complexity index is 380. The van der Waals surface area contributed by atoms with E-state index < -0.39 is 0 Å². The van der Waals surface area contributed by atoms with Gasteiger partial charge in [0.05, 0.1) is 17.1 Å². The molecule has 0 fully saturated rings. The second-order valence-electron chi connectivity index (χ2n) is 3.73. The molecule has 0 saturated heterocycles. The minimum atomic E-state index is 0.665. The van der Waals surface area contributed by atoms with Gasteiger partial charge in [0.1, 0.15) is 0 Å². The molecule has 3 N–H and O–H groups in total. The zero-order valence-corrected chi connectivity index (χ0v) is 11.3. The van der Waals surface area contributed by atoms with Gasteiger partial charge in [-0.05, 0) is 26.1 Å². The average molecular weight is 253 g/mol. The summed E-state index contributed by atoms with van der Waals surface area (Å²) in [5, 5.41) is 9.89. The number of aryl methyl sites for hydroxylation is 2. The molecule has 0 spiro atoms. The van der Waals surface area contributed by atoms with Crippen molar-refractivity contribution in [3.05, 3.63) is 23.3 Å². The first-order valence-corrected chi connectivity index (χ1v) is 5.99. The zero-order chi connectivity index (χ0) is 12.7. The quantitative estimate of drug-likeness (QED) is 0.517. The first-order chi connectivity index (χ1) is 8.13. The summed E-state index contributed by atoms with van der Waals surface area (Å²) < 4.78 is 0. The van der Waals surface area contributed by atoms with Crippen molar-refractivity contribution in [2.24, 2.45) is 0 Å². The molecule has 0 aliphatic carbocycles. The lowest BCUT2D eigenvalue weighted by Crippen LogP contribution is -2.37. The molecule has 6 heteroatoms. The number of hydrogen-bond donors (Lipinski definition) is 3. The molecule has 0 aromatic carbocycles. The van der Waals surface area contributed by atoms with Gasteiger partial charge in [-0.15, -0.1) is 0 Å². The smallest absolute Gasteiger partial charge is 0.166 e. The highest BCUT2D eigenvalue weighted by Crippen LogP contribution is 2.01. The van der Waals surface area contributed by atoms with Gasteiger partial charge in [-0.25, -0.2) is 0 Å². The maximum absolute atomic E-state index is 4.96. The fourth-order valence-corrected chi connectivity index (χ4v) is 1.42. The van der Waals surface area contributed by atoms with Crippen LogP contribution < -0.4 is 16.0 Å². The van der Waals surface area contributed by atoms with Crippen LogP contribution in [0.3, 0.4) is 0 Å². The lowest BCUT2D eigenvalue weighted by molar-refractivity contribution is 0.653. The lowest BCUT2D eigenvalue weighted by Gasteiger charge is -2.09. The van der Waals surface area contributed by atoms with E-state index in [1.807, 2.05) is 13.8 Å². The summed E-state index contributed by atoms with van der Waals surface area (Å²) in [5.74, 6) is 0. The molecule has 94 valence electrons. The van der Waals surface area contributed by atoms with Crippen LogP contribution in [-0.4, -0.2) is 35.2 Å². The predicted molar refractivity (Wildman–Crippen MR) is 72.9 cm³/mol. The van der Waals surface area contributed by atoms with Gasteiger partial charge in [-0.2, -0.15) is 0 Å². The third-order valence-electron chi connectivity index (χ3n) is 2.28. The Morgan fingerprint density at radius 2 is 2.12 bits per heavy atom. The van der Waals surface area contributed by atoms with E-state index in [-0.39, 0.29) is 0 Å². The Labute approximate surface area is 107 Å². The Kier molecular flexibility index (Phi) is 5.79. The summed E-state index contributed by atoms with van der Waals surface area (Å²) in [7, 11) is 1.80. The van der Waals surface area contributed by atoms with Crippen LogP contribution >= 0.6 is 12.2 Å². The van der Waals surface area contributed by atoms with E-state index in [4.69, 9.17) is 12.2 Å². The van der Waals surface area contributed by atoms with Crippen molar-refractivity contribution in [3.63, 3.8) is 0 Å². The largest absolute Gasteiger partial charge is 0.366 e. The van der Waals surface area contributed by atoms with E-state index in [1.165, 1.54) is 0 Å². The number of hydrogen-bond acceptors (Lipinski definition) is 4. The lowest BCUT2D eigenvalue weighted by atomic mass is 10.3. The van der Waals surface area contributed by atoms with Crippen molar-refractivity contribution in [2.75, 3.05) is 20.1 Å². The normalized spacial score (nSPS) is 10.1. The molecule has 5 nitrogen and oxygen atoms in total. The second-order valence-corrected chi connectivity index (χ2v) is 4.13. The Balaban J connectivity index is 2.26. The molecule has 0 aliphatic heterocycles. The maximum Gasteiger partial charge on any atom is 0.166 e. The molecule has 0 radical (unpaired) electrons. The standard InChI is InChI=1S/C11H19N5S/c1-8-6-15-9(2)10(16-8)7-13-4-5-14-11(17)12-3/h6,13H,4-5,7H2,1-3H3,(H2,12,14,17).